The Morgan fingerprint density at radius 2 is 2.25 bits per heavy atom. The van der Waals surface area contributed by atoms with E-state index in [9.17, 15) is 4.79 Å². The SMILES string of the molecule is CCCC(Sc1nnc(N(C)C)s1)C(=O)O. The highest BCUT2D eigenvalue weighted by Crippen LogP contribution is 2.31. The summed E-state index contributed by atoms with van der Waals surface area (Å²) < 4.78 is 0.713. The van der Waals surface area contributed by atoms with Gasteiger partial charge in [-0.2, -0.15) is 0 Å². The van der Waals surface area contributed by atoms with Gasteiger partial charge in [0.2, 0.25) is 5.13 Å². The Morgan fingerprint density at radius 1 is 1.56 bits per heavy atom. The number of hydrogen-bond acceptors (Lipinski definition) is 6. The molecule has 0 bridgehead atoms. The summed E-state index contributed by atoms with van der Waals surface area (Å²) >= 11 is 2.69. The van der Waals surface area contributed by atoms with E-state index < -0.39 is 11.2 Å². The zero-order valence-corrected chi connectivity index (χ0v) is 11.1. The van der Waals surface area contributed by atoms with Gasteiger partial charge in [0.05, 0.1) is 0 Å². The van der Waals surface area contributed by atoms with E-state index in [-0.39, 0.29) is 0 Å². The first-order chi connectivity index (χ1) is 7.54. The van der Waals surface area contributed by atoms with Crippen molar-refractivity contribution in [1.82, 2.24) is 10.2 Å². The number of carbonyl (C=O) groups is 1. The minimum absolute atomic E-state index is 0.423. The van der Waals surface area contributed by atoms with Crippen molar-refractivity contribution in [2.24, 2.45) is 0 Å². The summed E-state index contributed by atoms with van der Waals surface area (Å²) in [6.07, 6.45) is 1.50. The lowest BCUT2D eigenvalue weighted by molar-refractivity contribution is -0.136. The van der Waals surface area contributed by atoms with Gasteiger partial charge in [0.1, 0.15) is 5.25 Å². The van der Waals surface area contributed by atoms with E-state index in [2.05, 4.69) is 10.2 Å². The fraction of sp³-hybridized carbons (Fsp3) is 0.667. The summed E-state index contributed by atoms with van der Waals surface area (Å²) in [6, 6.07) is 0. The van der Waals surface area contributed by atoms with E-state index in [1.807, 2.05) is 25.9 Å². The van der Waals surface area contributed by atoms with Crippen molar-refractivity contribution in [3.63, 3.8) is 0 Å². The van der Waals surface area contributed by atoms with Crippen molar-refractivity contribution >= 4 is 34.2 Å². The molecule has 1 aromatic heterocycles. The molecule has 0 fully saturated rings. The molecule has 1 N–H and O–H groups in total. The normalized spacial score (nSPS) is 12.4. The highest BCUT2D eigenvalue weighted by Gasteiger charge is 2.20. The van der Waals surface area contributed by atoms with Crippen LogP contribution in [-0.4, -0.2) is 40.6 Å². The highest BCUT2D eigenvalue weighted by molar-refractivity contribution is 8.02. The minimum atomic E-state index is -0.784. The fourth-order valence-corrected chi connectivity index (χ4v) is 3.10. The molecule has 0 aliphatic rings. The summed E-state index contributed by atoms with van der Waals surface area (Å²) in [4.78, 5) is 12.8. The smallest absolute Gasteiger partial charge is 0.317 e. The molecule has 1 heterocycles. The largest absolute Gasteiger partial charge is 0.480 e. The second-order valence-electron chi connectivity index (χ2n) is 3.48. The van der Waals surface area contributed by atoms with Gasteiger partial charge in [0.25, 0.3) is 0 Å². The standard InChI is InChI=1S/C9H15N3O2S2/c1-4-5-6(7(13)14)15-9-11-10-8(16-9)12(2)3/h6H,4-5H2,1-3H3,(H,13,14). The van der Waals surface area contributed by atoms with Gasteiger partial charge in [-0.15, -0.1) is 10.2 Å². The van der Waals surface area contributed by atoms with E-state index >= 15 is 0 Å². The van der Waals surface area contributed by atoms with E-state index in [1.165, 1.54) is 23.1 Å². The van der Waals surface area contributed by atoms with Crippen LogP contribution in [0.4, 0.5) is 5.13 Å². The summed E-state index contributed by atoms with van der Waals surface area (Å²) in [6.45, 7) is 1.97. The van der Waals surface area contributed by atoms with Crippen molar-refractivity contribution in [3.05, 3.63) is 0 Å². The van der Waals surface area contributed by atoms with Gasteiger partial charge in [-0.3, -0.25) is 4.79 Å². The summed E-state index contributed by atoms with van der Waals surface area (Å²) in [7, 11) is 3.77. The summed E-state index contributed by atoms with van der Waals surface area (Å²) in [5.41, 5.74) is 0. The summed E-state index contributed by atoms with van der Waals surface area (Å²) in [5.74, 6) is -0.784. The molecule has 16 heavy (non-hydrogen) atoms. The fourth-order valence-electron chi connectivity index (χ4n) is 1.05. The van der Waals surface area contributed by atoms with Crippen LogP contribution in [0.1, 0.15) is 19.8 Å². The molecule has 0 radical (unpaired) electrons. The highest BCUT2D eigenvalue weighted by atomic mass is 32.2. The van der Waals surface area contributed by atoms with Crippen LogP contribution in [-0.2, 0) is 4.79 Å². The molecule has 0 aliphatic heterocycles. The van der Waals surface area contributed by atoms with E-state index in [4.69, 9.17) is 5.11 Å². The van der Waals surface area contributed by atoms with Gasteiger partial charge in [0, 0.05) is 14.1 Å². The molecular formula is C9H15N3O2S2. The number of rotatable bonds is 6. The molecular weight excluding hydrogens is 246 g/mol. The van der Waals surface area contributed by atoms with Crippen molar-refractivity contribution in [1.29, 1.82) is 0 Å². The molecule has 0 amide bonds. The summed E-state index contributed by atoms with van der Waals surface area (Å²) in [5, 5.41) is 17.3. The Kier molecular flexibility index (Phi) is 5.01. The van der Waals surface area contributed by atoms with Gasteiger partial charge in [0.15, 0.2) is 4.34 Å². The molecule has 0 saturated carbocycles. The zero-order chi connectivity index (χ0) is 12.1. The number of carboxylic acid groups (broad SMARTS) is 1. The lowest BCUT2D eigenvalue weighted by atomic mass is 10.2. The average molecular weight is 261 g/mol. The molecule has 1 atom stereocenters. The van der Waals surface area contributed by atoms with E-state index in [0.717, 1.165) is 11.6 Å². The lowest BCUT2D eigenvalue weighted by Gasteiger charge is -2.07. The van der Waals surface area contributed by atoms with Crippen LogP contribution in [0.25, 0.3) is 0 Å². The molecule has 1 unspecified atom stereocenters. The Balaban J connectivity index is 2.66. The Hall–Kier alpha value is -0.820. The number of aliphatic carboxylic acids is 1. The van der Waals surface area contributed by atoms with Crippen LogP contribution < -0.4 is 4.90 Å². The molecule has 5 nitrogen and oxygen atoms in total. The second kappa shape index (κ2) is 6.05. The van der Waals surface area contributed by atoms with Crippen LogP contribution in [0.5, 0.6) is 0 Å². The molecule has 0 aromatic carbocycles. The quantitative estimate of drug-likeness (QED) is 0.790. The van der Waals surface area contributed by atoms with Crippen molar-refractivity contribution in [2.75, 3.05) is 19.0 Å². The minimum Gasteiger partial charge on any atom is -0.480 e. The van der Waals surface area contributed by atoms with Crippen molar-refractivity contribution in [3.8, 4) is 0 Å². The van der Waals surface area contributed by atoms with Crippen LogP contribution in [0.2, 0.25) is 0 Å². The van der Waals surface area contributed by atoms with E-state index in [0.29, 0.717) is 10.8 Å². The van der Waals surface area contributed by atoms with Gasteiger partial charge in [-0.25, -0.2) is 0 Å². The van der Waals surface area contributed by atoms with Crippen LogP contribution >= 0.6 is 23.1 Å². The van der Waals surface area contributed by atoms with Gasteiger partial charge in [-0.1, -0.05) is 36.4 Å². The molecule has 1 rings (SSSR count). The Bertz CT molecular complexity index is 354. The zero-order valence-electron chi connectivity index (χ0n) is 9.51. The predicted octanol–water partition coefficient (Wildman–Crippen LogP) is 1.95. The molecule has 0 spiro atoms. The monoisotopic (exact) mass is 261 g/mol. The number of hydrogen-bond donors (Lipinski definition) is 1. The lowest BCUT2D eigenvalue weighted by Crippen LogP contribution is -2.15. The number of nitrogens with zero attached hydrogens (tertiary/aromatic N) is 3. The van der Waals surface area contributed by atoms with Gasteiger partial charge < -0.3 is 10.0 Å². The van der Waals surface area contributed by atoms with E-state index in [1.54, 1.807) is 0 Å². The van der Waals surface area contributed by atoms with Crippen LogP contribution in [0.15, 0.2) is 4.34 Å². The number of thioether (sulfide) groups is 1. The molecule has 0 saturated heterocycles. The second-order valence-corrected chi connectivity index (χ2v) is 5.88. The third-order valence-electron chi connectivity index (χ3n) is 1.85. The molecule has 1 aromatic rings. The molecule has 90 valence electrons. The van der Waals surface area contributed by atoms with Crippen LogP contribution in [0.3, 0.4) is 0 Å². The predicted molar refractivity (Wildman–Crippen MR) is 66.4 cm³/mol. The topological polar surface area (TPSA) is 66.3 Å². The number of aromatic nitrogens is 2. The average Bonchev–Trinajstić information content (AvgIpc) is 2.65. The maximum absolute atomic E-state index is 11.0. The first kappa shape index (κ1) is 13.2. The number of anilines is 1. The molecule has 0 aliphatic carbocycles. The third-order valence-corrected chi connectivity index (χ3v) is 4.28. The first-order valence-electron chi connectivity index (χ1n) is 4.95. The maximum Gasteiger partial charge on any atom is 0.317 e. The van der Waals surface area contributed by atoms with Crippen molar-refractivity contribution in [2.45, 2.75) is 29.4 Å². The number of carboxylic acids is 1. The Labute approximate surface area is 103 Å². The van der Waals surface area contributed by atoms with Gasteiger partial charge >= 0.3 is 5.97 Å². The Morgan fingerprint density at radius 3 is 2.69 bits per heavy atom. The van der Waals surface area contributed by atoms with Crippen molar-refractivity contribution < 1.29 is 9.90 Å². The first-order valence-corrected chi connectivity index (χ1v) is 6.64. The molecule has 7 heteroatoms. The van der Waals surface area contributed by atoms with Gasteiger partial charge in [-0.05, 0) is 6.42 Å². The maximum atomic E-state index is 11.0. The third kappa shape index (κ3) is 3.64. The van der Waals surface area contributed by atoms with Crippen LogP contribution in [0, 0.1) is 0 Å².